The van der Waals surface area contributed by atoms with Crippen LogP contribution in [0.15, 0.2) is 400 Å². The maximum Gasteiger partial charge on any atom is 0.179 e. The summed E-state index contributed by atoms with van der Waals surface area (Å²) in [6.07, 6.45) is 0. The summed E-state index contributed by atoms with van der Waals surface area (Å²) in [5.41, 5.74) is 16.2. The normalized spacial score (nSPS) is 12.4. The minimum atomic E-state index is -2.81. The third-order valence-corrected chi connectivity index (χ3v) is 30.5. The molecule has 0 heterocycles. The summed E-state index contributed by atoms with van der Waals surface area (Å²) < 4.78 is 0. The van der Waals surface area contributed by atoms with Crippen molar-refractivity contribution in [2.75, 3.05) is 9.80 Å². The smallest absolute Gasteiger partial charge is 0.179 e. The maximum atomic E-state index is 2.53. The van der Waals surface area contributed by atoms with Crippen LogP contribution in [0.3, 0.4) is 0 Å². The molecule has 0 fully saturated rings. The number of hydrogen-bond acceptors (Lipinski definition) is 2. The van der Waals surface area contributed by atoms with Crippen LogP contribution in [0, 0.1) is 0 Å². The van der Waals surface area contributed by atoms with Crippen LogP contribution in [0.1, 0.15) is 25.0 Å². The molecule has 16 aromatic rings. The SMILES string of the molecule is CC1(C)c2cc3cc(N(c4ccc(-c5ccccc5)cc4)c4ccc([Si](c5ccccc5)(c5ccccc5)c5ccccc5)cc4)ccc3cc2-c2c1cc(N(c1ccc(-c3ccccc3)cc1)c1ccc([Si](c3ccccc3)(c3ccccc3)c3ccccc3)cc1)c1ccccc21. The summed E-state index contributed by atoms with van der Waals surface area (Å²) >= 11 is 0. The molecule has 2 nitrogen and oxygen atoms in total. The van der Waals surface area contributed by atoms with Crippen molar-refractivity contribution in [2.24, 2.45) is 0 Å². The van der Waals surface area contributed by atoms with Crippen LogP contribution >= 0.6 is 0 Å². The van der Waals surface area contributed by atoms with E-state index < -0.39 is 16.1 Å². The summed E-state index contributed by atoms with van der Waals surface area (Å²) in [7, 11) is -5.60. The Kier molecular flexibility index (Phi) is 15.7. The van der Waals surface area contributed by atoms with E-state index in [-0.39, 0.29) is 5.41 Å². The van der Waals surface area contributed by atoms with Gasteiger partial charge >= 0.3 is 0 Å². The highest BCUT2D eigenvalue weighted by molar-refractivity contribution is 7.20. The number of anilines is 6. The second-order valence-corrected chi connectivity index (χ2v) is 34.3. The van der Waals surface area contributed by atoms with Crippen LogP contribution < -0.4 is 51.3 Å². The molecule has 99 heavy (non-hydrogen) atoms. The molecule has 0 saturated carbocycles. The minimum Gasteiger partial charge on any atom is -0.310 e. The summed E-state index contributed by atoms with van der Waals surface area (Å²) in [5, 5.41) is 15.6. The molecule has 0 bridgehead atoms. The Morgan fingerprint density at radius 1 is 0.222 bits per heavy atom. The molecular weight excluding hydrogens is 1230 g/mol. The molecule has 0 atom stereocenters. The first-order valence-electron chi connectivity index (χ1n) is 34.5. The Labute approximate surface area is 583 Å². The molecule has 0 aromatic heterocycles. The predicted molar refractivity (Wildman–Crippen MR) is 426 cm³/mol. The van der Waals surface area contributed by atoms with Gasteiger partial charge in [-0.1, -0.05) is 335 Å². The summed E-state index contributed by atoms with van der Waals surface area (Å²) in [6.45, 7) is 4.87. The fourth-order valence-corrected chi connectivity index (χ4v) is 25.7. The second kappa shape index (κ2) is 25.6. The van der Waals surface area contributed by atoms with E-state index in [0.29, 0.717) is 0 Å². The summed E-state index contributed by atoms with van der Waals surface area (Å²) in [5.74, 6) is 0. The molecule has 17 rings (SSSR count). The van der Waals surface area contributed by atoms with Gasteiger partial charge in [-0.3, -0.25) is 0 Å². The Morgan fingerprint density at radius 3 is 0.909 bits per heavy atom. The molecule has 0 saturated heterocycles. The van der Waals surface area contributed by atoms with E-state index >= 15 is 0 Å². The Hall–Kier alpha value is -11.9. The molecule has 16 aromatic carbocycles. The number of nitrogens with zero attached hydrogens (tertiary/aromatic N) is 2. The Balaban J connectivity index is 0.803. The van der Waals surface area contributed by atoms with Gasteiger partial charge in [-0.15, -0.1) is 0 Å². The topological polar surface area (TPSA) is 6.48 Å². The number of fused-ring (bicyclic) bond motifs is 6. The molecule has 0 spiro atoms. The zero-order valence-electron chi connectivity index (χ0n) is 55.5. The van der Waals surface area contributed by atoms with Gasteiger partial charge < -0.3 is 9.80 Å². The van der Waals surface area contributed by atoms with Gasteiger partial charge in [-0.2, -0.15) is 0 Å². The molecule has 0 unspecified atom stereocenters. The van der Waals surface area contributed by atoms with E-state index in [4.69, 9.17) is 0 Å². The quantitative estimate of drug-likeness (QED) is 0.0703. The number of benzene rings is 16. The lowest BCUT2D eigenvalue weighted by Gasteiger charge is -2.35. The summed E-state index contributed by atoms with van der Waals surface area (Å²) in [6, 6.07) is 150. The molecule has 0 radical (unpaired) electrons. The van der Waals surface area contributed by atoms with Gasteiger partial charge in [-0.25, -0.2) is 0 Å². The first-order valence-corrected chi connectivity index (χ1v) is 38.5. The first-order chi connectivity index (χ1) is 48.8. The fraction of sp³-hybridized carbons (Fsp3) is 0.0316. The van der Waals surface area contributed by atoms with Crippen LogP contribution in [0.2, 0.25) is 0 Å². The minimum absolute atomic E-state index is 0.373. The average molecular weight is 1300 g/mol. The lowest BCUT2D eigenvalue weighted by molar-refractivity contribution is 0.661. The van der Waals surface area contributed by atoms with E-state index in [1.807, 2.05) is 0 Å². The number of rotatable bonds is 16. The zero-order valence-corrected chi connectivity index (χ0v) is 57.5. The van der Waals surface area contributed by atoms with Crippen LogP contribution in [0.5, 0.6) is 0 Å². The Morgan fingerprint density at radius 2 is 0.525 bits per heavy atom. The summed E-state index contributed by atoms with van der Waals surface area (Å²) in [4.78, 5) is 4.96. The van der Waals surface area contributed by atoms with Gasteiger partial charge in [0.05, 0.1) is 5.69 Å². The van der Waals surface area contributed by atoms with E-state index in [9.17, 15) is 0 Å². The molecule has 1 aliphatic rings. The lowest BCUT2D eigenvalue weighted by atomic mass is 9.81. The second-order valence-electron chi connectivity index (χ2n) is 26.7. The van der Waals surface area contributed by atoms with Crippen LogP contribution in [-0.2, 0) is 5.41 Å². The number of hydrogen-bond donors (Lipinski definition) is 0. The van der Waals surface area contributed by atoms with Gasteiger partial charge in [0, 0.05) is 39.2 Å². The van der Waals surface area contributed by atoms with Crippen LogP contribution in [0.25, 0.3) is 54.9 Å². The van der Waals surface area contributed by atoms with Crippen molar-refractivity contribution in [3.63, 3.8) is 0 Å². The van der Waals surface area contributed by atoms with Crippen molar-refractivity contribution in [3.8, 4) is 33.4 Å². The van der Waals surface area contributed by atoms with E-state index in [2.05, 4.69) is 424 Å². The molecule has 470 valence electrons. The largest absolute Gasteiger partial charge is 0.310 e. The van der Waals surface area contributed by atoms with Crippen LogP contribution in [-0.4, -0.2) is 16.1 Å². The molecular formula is C95H72N2Si2. The molecule has 4 heteroatoms. The monoisotopic (exact) mass is 1300 g/mol. The molecule has 1 aliphatic carbocycles. The zero-order chi connectivity index (χ0) is 66.3. The molecule has 0 amide bonds. The highest BCUT2D eigenvalue weighted by atomic mass is 28.3. The van der Waals surface area contributed by atoms with E-state index in [1.165, 1.54) is 108 Å². The third-order valence-electron chi connectivity index (χ3n) is 20.9. The highest BCUT2D eigenvalue weighted by Gasteiger charge is 2.44. The van der Waals surface area contributed by atoms with Crippen molar-refractivity contribution in [2.45, 2.75) is 19.3 Å². The van der Waals surface area contributed by atoms with Crippen molar-refractivity contribution in [3.05, 3.63) is 412 Å². The molecule has 0 N–H and O–H groups in total. The standard InChI is InChI=1S/C95H72N2Si2/c1-95(2)91-67-74-65-79(96(75-52-47-71(48-53-75)69-29-11-3-12-30-69)76-57-61-86(62-58-76)98(80-33-15-5-16-34-80,81-35-17-6-18-36-81)82-37-19-7-20-38-82)56-51-73(74)66-90(91)94-89-46-28-27-45-88(89)93(68-92(94)95)97(77-54-49-72(50-55-77)70-31-13-4-14-32-70)78-59-63-87(64-60-78)99(83-39-21-8-22-40-83,84-41-23-9-24-42-84)85-43-25-10-26-44-85/h3-68H,1-2H3. The van der Waals surface area contributed by atoms with Gasteiger partial charge in [0.25, 0.3) is 0 Å². The van der Waals surface area contributed by atoms with Crippen molar-refractivity contribution in [1.29, 1.82) is 0 Å². The first kappa shape index (κ1) is 60.7. The van der Waals surface area contributed by atoms with Crippen molar-refractivity contribution >= 4 is 113 Å². The van der Waals surface area contributed by atoms with Gasteiger partial charge in [0.15, 0.2) is 16.1 Å². The fourth-order valence-electron chi connectivity index (χ4n) is 16.2. The van der Waals surface area contributed by atoms with E-state index in [0.717, 1.165) is 34.1 Å². The highest BCUT2D eigenvalue weighted by Crippen LogP contribution is 2.56. The average Bonchev–Trinajstić information content (AvgIpc) is 1.69. The van der Waals surface area contributed by atoms with Gasteiger partial charge in [-0.05, 0) is 181 Å². The van der Waals surface area contributed by atoms with E-state index in [1.54, 1.807) is 0 Å². The van der Waals surface area contributed by atoms with Crippen molar-refractivity contribution < 1.29 is 0 Å². The van der Waals surface area contributed by atoms with Gasteiger partial charge in [0.2, 0.25) is 0 Å². The predicted octanol–water partition coefficient (Wildman–Crippen LogP) is 19.3. The maximum absolute atomic E-state index is 2.81. The Bertz CT molecular complexity index is 5310. The lowest BCUT2D eigenvalue weighted by Crippen LogP contribution is -2.74. The van der Waals surface area contributed by atoms with Crippen LogP contribution in [0.4, 0.5) is 34.1 Å². The van der Waals surface area contributed by atoms with Crippen molar-refractivity contribution in [1.82, 2.24) is 0 Å². The third kappa shape index (κ3) is 10.6. The molecule has 0 aliphatic heterocycles. The van der Waals surface area contributed by atoms with Gasteiger partial charge in [0.1, 0.15) is 0 Å².